The lowest BCUT2D eigenvalue weighted by Crippen LogP contribution is -1.84. The lowest BCUT2D eigenvalue weighted by atomic mass is 9.96. The number of benzene rings is 3. The molecule has 0 aliphatic heterocycles. The fourth-order valence-corrected chi connectivity index (χ4v) is 2.29. The van der Waals surface area contributed by atoms with Gasteiger partial charge in [0.1, 0.15) is 0 Å². The highest BCUT2D eigenvalue weighted by Crippen LogP contribution is 2.27. The Morgan fingerprint density at radius 3 is 1.40 bits per heavy atom. The average molecular weight is 255 g/mol. The molecule has 3 aromatic rings. The van der Waals surface area contributed by atoms with E-state index in [1.807, 2.05) is 48.5 Å². The fraction of sp³-hybridized carbons (Fsp3) is 0. The molecule has 0 saturated carbocycles. The molecule has 0 radical (unpaired) electrons. The molecule has 0 atom stereocenters. The first-order valence-corrected chi connectivity index (χ1v) is 6.53. The van der Waals surface area contributed by atoms with Crippen molar-refractivity contribution in [1.82, 2.24) is 0 Å². The van der Waals surface area contributed by atoms with E-state index >= 15 is 0 Å². The fourth-order valence-electron chi connectivity index (χ4n) is 2.29. The molecule has 1 nitrogen and oxygen atoms in total. The highest BCUT2D eigenvalue weighted by molar-refractivity contribution is 5.75. The van der Waals surface area contributed by atoms with Gasteiger partial charge in [0.25, 0.3) is 0 Å². The Morgan fingerprint density at radius 1 is 0.550 bits per heavy atom. The van der Waals surface area contributed by atoms with Crippen LogP contribution in [0.15, 0.2) is 78.9 Å². The molecular weight excluding hydrogens is 242 g/mol. The maximum atomic E-state index is 9.23. The summed E-state index contributed by atoms with van der Waals surface area (Å²) < 4.78 is 0. The standard InChI is InChI=1S/C19H13N/c20-14-15-11-18(16-7-3-1-4-8-16)13-19(12-15)17-9-5-2-6-10-17/h1-13H. The smallest absolute Gasteiger partial charge is 0.0992 e. The lowest BCUT2D eigenvalue weighted by Gasteiger charge is -2.07. The third kappa shape index (κ3) is 2.46. The van der Waals surface area contributed by atoms with E-state index in [-0.39, 0.29) is 0 Å². The van der Waals surface area contributed by atoms with Crippen LogP contribution in [0.5, 0.6) is 0 Å². The third-order valence-corrected chi connectivity index (χ3v) is 3.28. The Labute approximate surface area is 118 Å². The van der Waals surface area contributed by atoms with Crippen molar-refractivity contribution < 1.29 is 0 Å². The summed E-state index contributed by atoms with van der Waals surface area (Å²) in [6.45, 7) is 0. The van der Waals surface area contributed by atoms with Gasteiger partial charge in [-0.3, -0.25) is 0 Å². The van der Waals surface area contributed by atoms with E-state index < -0.39 is 0 Å². The molecule has 0 saturated heterocycles. The van der Waals surface area contributed by atoms with Crippen LogP contribution in [0.2, 0.25) is 0 Å². The Kier molecular flexibility index (Phi) is 3.31. The number of rotatable bonds is 2. The Hall–Kier alpha value is -2.85. The topological polar surface area (TPSA) is 23.8 Å². The van der Waals surface area contributed by atoms with Crippen LogP contribution < -0.4 is 0 Å². The zero-order valence-electron chi connectivity index (χ0n) is 11.0. The van der Waals surface area contributed by atoms with Crippen LogP contribution in [0.4, 0.5) is 0 Å². The van der Waals surface area contributed by atoms with E-state index in [9.17, 15) is 5.26 Å². The van der Waals surface area contributed by atoms with Gasteiger partial charge < -0.3 is 0 Å². The van der Waals surface area contributed by atoms with E-state index in [2.05, 4.69) is 36.4 Å². The van der Waals surface area contributed by atoms with Crippen molar-refractivity contribution in [2.45, 2.75) is 0 Å². The average Bonchev–Trinajstić information content (AvgIpc) is 2.56. The van der Waals surface area contributed by atoms with Crippen molar-refractivity contribution in [3.05, 3.63) is 84.4 Å². The summed E-state index contributed by atoms with van der Waals surface area (Å²) in [5.74, 6) is 0. The molecular formula is C19H13N. The molecule has 20 heavy (non-hydrogen) atoms. The molecule has 3 aromatic carbocycles. The summed E-state index contributed by atoms with van der Waals surface area (Å²) in [4.78, 5) is 0. The quantitative estimate of drug-likeness (QED) is 0.639. The second kappa shape index (κ2) is 5.42. The van der Waals surface area contributed by atoms with Crippen LogP contribution in [0.3, 0.4) is 0 Å². The van der Waals surface area contributed by atoms with Crippen LogP contribution in [0.25, 0.3) is 22.3 Å². The first-order chi connectivity index (χ1) is 9.86. The zero-order valence-corrected chi connectivity index (χ0v) is 11.0. The molecule has 0 aromatic heterocycles. The van der Waals surface area contributed by atoms with Crippen LogP contribution in [0.1, 0.15) is 5.56 Å². The van der Waals surface area contributed by atoms with E-state index in [1.54, 1.807) is 0 Å². The van der Waals surface area contributed by atoms with Gasteiger partial charge in [-0.1, -0.05) is 60.7 Å². The van der Waals surface area contributed by atoms with Gasteiger partial charge in [-0.2, -0.15) is 5.26 Å². The number of hydrogen-bond donors (Lipinski definition) is 0. The zero-order chi connectivity index (χ0) is 13.8. The molecule has 0 aliphatic rings. The Morgan fingerprint density at radius 2 is 1.00 bits per heavy atom. The van der Waals surface area contributed by atoms with E-state index in [1.165, 1.54) is 0 Å². The number of nitrogens with zero attached hydrogens (tertiary/aromatic N) is 1. The third-order valence-electron chi connectivity index (χ3n) is 3.28. The Balaban J connectivity index is 2.16. The molecule has 0 heterocycles. The molecule has 0 fully saturated rings. The molecule has 1 heteroatoms. The molecule has 3 rings (SSSR count). The van der Waals surface area contributed by atoms with Crippen LogP contribution >= 0.6 is 0 Å². The predicted octanol–water partition coefficient (Wildman–Crippen LogP) is 4.89. The van der Waals surface area contributed by atoms with E-state index in [0.29, 0.717) is 5.56 Å². The summed E-state index contributed by atoms with van der Waals surface area (Å²) in [6, 6.07) is 28.5. The largest absolute Gasteiger partial charge is 0.192 e. The molecule has 0 N–H and O–H groups in total. The van der Waals surface area contributed by atoms with E-state index in [4.69, 9.17) is 0 Å². The minimum absolute atomic E-state index is 0.685. The van der Waals surface area contributed by atoms with Gasteiger partial charge in [-0.05, 0) is 40.5 Å². The minimum Gasteiger partial charge on any atom is -0.192 e. The second-order valence-corrected chi connectivity index (χ2v) is 4.64. The van der Waals surface area contributed by atoms with Crippen molar-refractivity contribution in [2.75, 3.05) is 0 Å². The van der Waals surface area contributed by atoms with Crippen molar-refractivity contribution in [1.29, 1.82) is 5.26 Å². The van der Waals surface area contributed by atoms with Gasteiger partial charge in [-0.15, -0.1) is 0 Å². The summed E-state index contributed by atoms with van der Waals surface area (Å²) in [5.41, 5.74) is 5.08. The molecule has 0 unspecified atom stereocenters. The second-order valence-electron chi connectivity index (χ2n) is 4.64. The SMILES string of the molecule is N#Cc1cc(-c2ccccc2)cc(-c2ccccc2)c1. The van der Waals surface area contributed by atoms with Gasteiger partial charge in [-0.25, -0.2) is 0 Å². The Bertz CT molecular complexity index is 695. The maximum Gasteiger partial charge on any atom is 0.0992 e. The van der Waals surface area contributed by atoms with Gasteiger partial charge in [0.15, 0.2) is 0 Å². The van der Waals surface area contributed by atoms with E-state index in [0.717, 1.165) is 22.3 Å². The lowest BCUT2D eigenvalue weighted by molar-refractivity contribution is 1.48. The van der Waals surface area contributed by atoms with Crippen molar-refractivity contribution in [3.63, 3.8) is 0 Å². The van der Waals surface area contributed by atoms with Gasteiger partial charge in [0.05, 0.1) is 11.6 Å². The maximum absolute atomic E-state index is 9.23. The highest BCUT2D eigenvalue weighted by atomic mass is 14.2. The predicted molar refractivity (Wildman–Crippen MR) is 82.0 cm³/mol. The van der Waals surface area contributed by atoms with Gasteiger partial charge in [0, 0.05) is 0 Å². The summed E-state index contributed by atoms with van der Waals surface area (Å²) in [5, 5.41) is 9.23. The molecule has 0 aliphatic carbocycles. The van der Waals surface area contributed by atoms with Crippen LogP contribution in [-0.4, -0.2) is 0 Å². The minimum atomic E-state index is 0.685. The summed E-state index contributed by atoms with van der Waals surface area (Å²) in [7, 11) is 0. The van der Waals surface area contributed by atoms with Crippen molar-refractivity contribution in [2.24, 2.45) is 0 Å². The molecule has 94 valence electrons. The number of nitriles is 1. The van der Waals surface area contributed by atoms with Gasteiger partial charge in [0.2, 0.25) is 0 Å². The highest BCUT2D eigenvalue weighted by Gasteiger charge is 2.04. The van der Waals surface area contributed by atoms with Crippen molar-refractivity contribution in [3.8, 4) is 28.3 Å². The molecule has 0 amide bonds. The van der Waals surface area contributed by atoms with Crippen molar-refractivity contribution >= 4 is 0 Å². The van der Waals surface area contributed by atoms with Gasteiger partial charge >= 0.3 is 0 Å². The molecule has 0 bridgehead atoms. The monoisotopic (exact) mass is 255 g/mol. The normalized spacial score (nSPS) is 9.95. The first-order valence-electron chi connectivity index (χ1n) is 6.53. The molecule has 0 spiro atoms. The number of hydrogen-bond acceptors (Lipinski definition) is 1. The summed E-state index contributed by atoms with van der Waals surface area (Å²) >= 11 is 0. The van der Waals surface area contributed by atoms with Crippen LogP contribution in [0, 0.1) is 11.3 Å². The van der Waals surface area contributed by atoms with Crippen LogP contribution in [-0.2, 0) is 0 Å². The first kappa shape index (κ1) is 12.2. The summed E-state index contributed by atoms with van der Waals surface area (Å²) in [6.07, 6.45) is 0.